The molecule has 8 heteroatoms. The largest absolute Gasteiger partial charge is 0.353 e. The van der Waals surface area contributed by atoms with E-state index in [1.54, 1.807) is 11.0 Å². The Morgan fingerprint density at radius 1 is 1.31 bits per heavy atom. The molecule has 0 spiro atoms. The molecule has 1 amide bonds. The van der Waals surface area contributed by atoms with Crippen LogP contribution in [0.4, 0.5) is 0 Å². The van der Waals surface area contributed by atoms with Gasteiger partial charge in [-0.15, -0.1) is 0 Å². The van der Waals surface area contributed by atoms with Crippen LogP contribution in [-0.2, 0) is 27.0 Å². The van der Waals surface area contributed by atoms with Crippen molar-refractivity contribution in [2.75, 3.05) is 19.8 Å². The summed E-state index contributed by atoms with van der Waals surface area (Å²) in [6.07, 6.45) is 1.99. The second-order valence-corrected chi connectivity index (χ2v) is 10.9. The number of hydrogen-bond acceptors (Lipinski definition) is 4. The molecule has 1 aromatic carbocycles. The summed E-state index contributed by atoms with van der Waals surface area (Å²) in [6, 6.07) is 3.41. The predicted molar refractivity (Wildman–Crippen MR) is 115 cm³/mol. The van der Waals surface area contributed by atoms with E-state index in [-0.39, 0.29) is 18.2 Å². The highest BCUT2D eigenvalue weighted by molar-refractivity contribution is 7.84. The maximum absolute atomic E-state index is 12.9. The second-order valence-electron chi connectivity index (χ2n) is 8.49. The summed E-state index contributed by atoms with van der Waals surface area (Å²) >= 11 is 6.38. The molecule has 162 valence electrons. The first kappa shape index (κ1) is 22.7. The van der Waals surface area contributed by atoms with Crippen molar-refractivity contribution in [2.24, 2.45) is 0 Å². The molecule has 3 rings (SSSR count). The molecule has 0 bridgehead atoms. The molecule has 1 aromatic rings. The third kappa shape index (κ3) is 5.39. The van der Waals surface area contributed by atoms with Gasteiger partial charge in [0.1, 0.15) is 0 Å². The zero-order valence-corrected chi connectivity index (χ0v) is 19.2. The standard InChI is InChI=1S/C21H31ClN2O4S/c1-5-24-13-17-15(11-14(22)12-16(17)20(24)25)18(23-29(26)21(2,3)4)7-8-19-27-9-6-10-28-19/h11-12,18-19,23H,5-10,13H2,1-4H3/t18-,29-/m0/s1. The second kappa shape index (κ2) is 9.43. The van der Waals surface area contributed by atoms with Crippen molar-refractivity contribution in [3.63, 3.8) is 0 Å². The van der Waals surface area contributed by atoms with Crippen LogP contribution < -0.4 is 4.72 Å². The molecule has 2 atom stereocenters. The van der Waals surface area contributed by atoms with E-state index >= 15 is 0 Å². The van der Waals surface area contributed by atoms with Crippen LogP contribution in [0, 0.1) is 0 Å². The monoisotopic (exact) mass is 442 g/mol. The topological polar surface area (TPSA) is 67.9 Å². The Morgan fingerprint density at radius 3 is 2.62 bits per heavy atom. The van der Waals surface area contributed by atoms with Crippen LogP contribution in [-0.4, -0.2) is 45.8 Å². The zero-order chi connectivity index (χ0) is 21.2. The van der Waals surface area contributed by atoms with E-state index < -0.39 is 15.7 Å². The third-order valence-electron chi connectivity index (χ3n) is 5.27. The van der Waals surface area contributed by atoms with E-state index in [4.69, 9.17) is 21.1 Å². The van der Waals surface area contributed by atoms with Crippen LogP contribution in [0.1, 0.15) is 74.5 Å². The van der Waals surface area contributed by atoms with E-state index in [0.717, 1.165) is 17.5 Å². The number of nitrogens with zero attached hydrogens (tertiary/aromatic N) is 1. The van der Waals surface area contributed by atoms with Crippen molar-refractivity contribution in [1.82, 2.24) is 9.62 Å². The minimum absolute atomic E-state index is 0.000825. The van der Waals surface area contributed by atoms with Crippen LogP contribution in [0.2, 0.25) is 5.02 Å². The van der Waals surface area contributed by atoms with E-state index in [2.05, 4.69) is 4.72 Å². The zero-order valence-electron chi connectivity index (χ0n) is 17.6. The summed E-state index contributed by atoms with van der Waals surface area (Å²) in [5.41, 5.74) is 2.55. The van der Waals surface area contributed by atoms with Gasteiger partial charge in [-0.1, -0.05) is 11.6 Å². The van der Waals surface area contributed by atoms with Crippen LogP contribution in [0.15, 0.2) is 12.1 Å². The molecule has 0 aliphatic carbocycles. The first-order valence-corrected chi connectivity index (χ1v) is 11.8. The Labute approximate surface area is 180 Å². The molecule has 0 aromatic heterocycles. The molecule has 2 heterocycles. The van der Waals surface area contributed by atoms with Gasteiger partial charge < -0.3 is 14.4 Å². The summed E-state index contributed by atoms with van der Waals surface area (Å²) in [6.45, 7) is 10.4. The molecule has 2 aliphatic heterocycles. The van der Waals surface area contributed by atoms with Crippen LogP contribution in [0.25, 0.3) is 0 Å². The van der Waals surface area contributed by atoms with E-state index in [9.17, 15) is 9.00 Å². The minimum Gasteiger partial charge on any atom is -0.353 e. The van der Waals surface area contributed by atoms with E-state index in [1.807, 2.05) is 33.8 Å². The first-order chi connectivity index (χ1) is 13.7. The molecule has 0 unspecified atom stereocenters. The predicted octanol–water partition coefficient (Wildman–Crippen LogP) is 3.95. The van der Waals surface area contributed by atoms with Gasteiger partial charge in [0, 0.05) is 36.1 Å². The first-order valence-electron chi connectivity index (χ1n) is 10.2. The highest BCUT2D eigenvalue weighted by Gasteiger charge is 2.33. The number of fused-ring (bicyclic) bond motifs is 1. The van der Waals surface area contributed by atoms with E-state index in [0.29, 0.717) is 49.7 Å². The van der Waals surface area contributed by atoms with Gasteiger partial charge in [-0.3, -0.25) is 4.79 Å². The smallest absolute Gasteiger partial charge is 0.254 e. The molecule has 1 fully saturated rings. The average Bonchev–Trinajstić information content (AvgIpc) is 3.00. The number of ether oxygens (including phenoxy) is 2. The van der Waals surface area contributed by atoms with Crippen molar-refractivity contribution in [2.45, 2.75) is 70.6 Å². The Balaban J connectivity index is 1.90. The molecular weight excluding hydrogens is 412 g/mol. The number of rotatable bonds is 7. The van der Waals surface area contributed by atoms with Crippen molar-refractivity contribution in [3.8, 4) is 0 Å². The van der Waals surface area contributed by atoms with Crippen molar-refractivity contribution >= 4 is 28.5 Å². The Bertz CT molecular complexity index is 775. The molecule has 6 nitrogen and oxygen atoms in total. The van der Waals surface area contributed by atoms with Crippen molar-refractivity contribution in [3.05, 3.63) is 33.8 Å². The fourth-order valence-corrected chi connectivity index (χ4v) is 4.70. The quantitative estimate of drug-likeness (QED) is 0.694. The lowest BCUT2D eigenvalue weighted by atomic mass is 9.95. The molecule has 1 saturated heterocycles. The highest BCUT2D eigenvalue weighted by atomic mass is 35.5. The van der Waals surface area contributed by atoms with E-state index in [1.165, 1.54) is 0 Å². The SMILES string of the molecule is CCN1Cc2c(cc(Cl)cc2[C@H](CCC2OCCCO2)N[S@@](=O)C(C)(C)C)C1=O. The molecule has 0 radical (unpaired) electrons. The van der Waals surface area contributed by atoms with Gasteiger partial charge in [-0.25, -0.2) is 8.93 Å². The van der Waals surface area contributed by atoms with Gasteiger partial charge in [0.25, 0.3) is 5.91 Å². The van der Waals surface area contributed by atoms with Crippen molar-refractivity contribution < 1.29 is 18.5 Å². The maximum Gasteiger partial charge on any atom is 0.254 e. The van der Waals surface area contributed by atoms with Crippen LogP contribution >= 0.6 is 11.6 Å². The van der Waals surface area contributed by atoms with Gasteiger partial charge in [0.2, 0.25) is 0 Å². The highest BCUT2D eigenvalue weighted by Crippen LogP contribution is 2.35. The van der Waals surface area contributed by atoms with Gasteiger partial charge in [0.15, 0.2) is 6.29 Å². The van der Waals surface area contributed by atoms with Gasteiger partial charge in [-0.05, 0) is 63.8 Å². The van der Waals surface area contributed by atoms with Crippen molar-refractivity contribution in [1.29, 1.82) is 0 Å². The number of carbonyl (C=O) groups excluding carboxylic acids is 1. The minimum atomic E-state index is -1.27. The summed E-state index contributed by atoms with van der Waals surface area (Å²) in [5.74, 6) is 0.000825. The molecule has 29 heavy (non-hydrogen) atoms. The lowest BCUT2D eigenvalue weighted by Crippen LogP contribution is -2.37. The Hall–Kier alpha value is -0.990. The number of hydrogen-bond donors (Lipinski definition) is 1. The normalized spacial score (nSPS) is 20.0. The fraction of sp³-hybridized carbons (Fsp3) is 0.667. The van der Waals surface area contributed by atoms with Gasteiger partial charge in [0.05, 0.1) is 28.9 Å². The number of amides is 1. The molecule has 1 N–H and O–H groups in total. The fourth-order valence-electron chi connectivity index (χ4n) is 3.61. The maximum atomic E-state index is 12.9. The Morgan fingerprint density at radius 2 is 2.00 bits per heavy atom. The molecule has 2 aliphatic rings. The van der Waals surface area contributed by atoms with Gasteiger partial charge >= 0.3 is 0 Å². The lowest BCUT2D eigenvalue weighted by Gasteiger charge is -2.28. The summed E-state index contributed by atoms with van der Waals surface area (Å²) in [7, 11) is -1.27. The molecule has 0 saturated carbocycles. The summed E-state index contributed by atoms with van der Waals surface area (Å²) in [5, 5.41) is 0.517. The number of benzene rings is 1. The summed E-state index contributed by atoms with van der Waals surface area (Å²) in [4.78, 5) is 14.5. The van der Waals surface area contributed by atoms with Gasteiger partial charge in [-0.2, -0.15) is 0 Å². The molecular formula is C21H31ClN2O4S. The number of carbonyl (C=O) groups is 1. The lowest BCUT2D eigenvalue weighted by molar-refractivity contribution is -0.182. The summed E-state index contributed by atoms with van der Waals surface area (Å²) < 4.78 is 27.2. The average molecular weight is 443 g/mol. The third-order valence-corrected chi connectivity index (χ3v) is 7.09. The Kier molecular flexibility index (Phi) is 7.38. The van der Waals surface area contributed by atoms with Crippen LogP contribution in [0.5, 0.6) is 0 Å². The number of halogens is 1. The number of nitrogens with one attached hydrogen (secondary N) is 1. The van der Waals surface area contributed by atoms with Crippen LogP contribution in [0.3, 0.4) is 0 Å².